The number of amides is 1. The van der Waals surface area contributed by atoms with E-state index in [-0.39, 0.29) is 5.69 Å². The molecule has 1 N–H and O–H groups in total. The van der Waals surface area contributed by atoms with E-state index in [1.807, 2.05) is 26.0 Å². The number of carbonyl (C=O) groups excluding carboxylic acids is 1. The molecule has 0 fully saturated rings. The minimum Gasteiger partial charge on any atom is -0.496 e. The Morgan fingerprint density at radius 3 is 2.33 bits per heavy atom. The number of nitrogens with zero attached hydrogens (tertiary/aromatic N) is 2. The molecule has 0 saturated carbocycles. The molecule has 1 aromatic heterocycles. The topological polar surface area (TPSA) is 56.1 Å². The van der Waals surface area contributed by atoms with Crippen molar-refractivity contribution >= 4 is 5.91 Å². The Kier molecular flexibility index (Phi) is 5.87. The molecule has 30 heavy (non-hydrogen) atoms. The second-order valence-electron chi connectivity index (χ2n) is 7.09. The van der Waals surface area contributed by atoms with Crippen LogP contribution in [0.15, 0.2) is 48.7 Å². The van der Waals surface area contributed by atoms with Crippen LogP contribution in [0, 0.1) is 13.8 Å². The number of alkyl halides is 3. The summed E-state index contributed by atoms with van der Waals surface area (Å²) >= 11 is 0. The highest BCUT2D eigenvalue weighted by Gasteiger charge is 2.40. The molecule has 158 valence electrons. The Morgan fingerprint density at radius 2 is 1.73 bits per heavy atom. The molecule has 1 unspecified atom stereocenters. The van der Waals surface area contributed by atoms with Crippen LogP contribution in [0.5, 0.6) is 5.75 Å². The highest BCUT2D eigenvalue weighted by atomic mass is 19.4. The molecule has 0 spiro atoms. The molecule has 0 aliphatic heterocycles. The number of carbonyl (C=O) groups is 1. The molecule has 1 atom stereocenters. The normalized spacial score (nSPS) is 12.5. The highest BCUT2D eigenvalue weighted by Crippen LogP contribution is 2.34. The smallest absolute Gasteiger partial charge is 0.434 e. The fourth-order valence-electron chi connectivity index (χ4n) is 3.21. The van der Waals surface area contributed by atoms with Crippen molar-refractivity contribution in [3.8, 4) is 11.4 Å². The van der Waals surface area contributed by atoms with E-state index in [0.29, 0.717) is 11.3 Å². The lowest BCUT2D eigenvalue weighted by Crippen LogP contribution is -2.29. The number of halogens is 3. The van der Waals surface area contributed by atoms with Gasteiger partial charge >= 0.3 is 6.18 Å². The predicted molar refractivity (Wildman–Crippen MR) is 107 cm³/mol. The van der Waals surface area contributed by atoms with Crippen LogP contribution in [0.25, 0.3) is 5.69 Å². The summed E-state index contributed by atoms with van der Waals surface area (Å²) in [7, 11) is 1.50. The monoisotopic (exact) mass is 417 g/mol. The van der Waals surface area contributed by atoms with E-state index in [4.69, 9.17) is 4.74 Å². The lowest BCUT2D eigenvalue weighted by molar-refractivity contribution is -0.143. The summed E-state index contributed by atoms with van der Waals surface area (Å²) in [4.78, 5) is 12.8. The number of nitrogens with one attached hydrogen (secondary N) is 1. The molecule has 0 bridgehead atoms. The molecular formula is C22H22F3N3O2. The van der Waals surface area contributed by atoms with Crippen LogP contribution in [0.4, 0.5) is 13.2 Å². The zero-order valence-corrected chi connectivity index (χ0v) is 17.0. The molecule has 8 heteroatoms. The van der Waals surface area contributed by atoms with Gasteiger partial charge in [-0.15, -0.1) is 0 Å². The second-order valence-corrected chi connectivity index (χ2v) is 7.09. The van der Waals surface area contributed by atoms with Crippen molar-refractivity contribution in [2.24, 2.45) is 0 Å². The third-order valence-corrected chi connectivity index (χ3v) is 4.76. The first-order valence-electron chi connectivity index (χ1n) is 9.29. The summed E-state index contributed by atoms with van der Waals surface area (Å²) < 4.78 is 47.6. The van der Waals surface area contributed by atoms with Crippen molar-refractivity contribution in [2.45, 2.75) is 33.0 Å². The average Bonchev–Trinajstić information content (AvgIpc) is 3.14. The summed E-state index contributed by atoms with van der Waals surface area (Å²) in [5.41, 5.74) is 1.08. The summed E-state index contributed by atoms with van der Waals surface area (Å²) in [6.07, 6.45) is -3.82. The maximum Gasteiger partial charge on any atom is 0.434 e. The number of aromatic nitrogens is 2. The lowest BCUT2D eigenvalue weighted by Gasteiger charge is -2.19. The van der Waals surface area contributed by atoms with Gasteiger partial charge in [0.05, 0.1) is 30.6 Å². The summed E-state index contributed by atoms with van der Waals surface area (Å²) in [5, 5.41) is 6.47. The van der Waals surface area contributed by atoms with Crippen molar-refractivity contribution < 1.29 is 22.7 Å². The molecule has 0 radical (unpaired) electrons. The van der Waals surface area contributed by atoms with Crippen LogP contribution in [0.1, 0.15) is 45.7 Å². The van der Waals surface area contributed by atoms with E-state index in [0.717, 1.165) is 22.0 Å². The quantitative estimate of drug-likeness (QED) is 0.635. The fourth-order valence-corrected chi connectivity index (χ4v) is 3.21. The Balaban J connectivity index is 1.97. The number of rotatable bonds is 5. The van der Waals surface area contributed by atoms with Gasteiger partial charge in [0.25, 0.3) is 5.91 Å². The third kappa shape index (κ3) is 4.32. The first-order valence-corrected chi connectivity index (χ1v) is 9.29. The second kappa shape index (κ2) is 8.22. The van der Waals surface area contributed by atoms with Gasteiger partial charge in [-0.1, -0.05) is 35.4 Å². The number of ether oxygens (including phenoxy) is 1. The predicted octanol–water partition coefficient (Wildman–Crippen LogP) is 5.01. The third-order valence-electron chi connectivity index (χ3n) is 4.76. The molecule has 0 aliphatic rings. The van der Waals surface area contributed by atoms with Gasteiger partial charge in [0.15, 0.2) is 5.69 Å². The fraction of sp³-hybridized carbons (Fsp3) is 0.273. The Hall–Kier alpha value is -3.29. The SMILES string of the molecule is COc1ccc(C)cc1C(C)NC(=O)c1cnn(-c2ccc(C)cc2)c1C(F)(F)F. The van der Waals surface area contributed by atoms with E-state index < -0.39 is 29.4 Å². The average molecular weight is 417 g/mol. The largest absolute Gasteiger partial charge is 0.496 e. The van der Waals surface area contributed by atoms with Gasteiger partial charge in [-0.25, -0.2) is 4.68 Å². The van der Waals surface area contributed by atoms with Crippen molar-refractivity contribution in [1.29, 1.82) is 0 Å². The summed E-state index contributed by atoms with van der Waals surface area (Å²) in [6.45, 7) is 5.40. The van der Waals surface area contributed by atoms with Crippen LogP contribution < -0.4 is 10.1 Å². The van der Waals surface area contributed by atoms with E-state index in [1.165, 1.54) is 19.2 Å². The number of hydrogen-bond acceptors (Lipinski definition) is 3. The van der Waals surface area contributed by atoms with Crippen LogP contribution in [-0.2, 0) is 6.18 Å². The standard InChI is InChI=1S/C22H22F3N3O2/c1-13-5-8-16(9-6-13)28-20(22(23,24)25)18(12-26-28)21(29)27-15(3)17-11-14(2)7-10-19(17)30-4/h5-12,15H,1-4H3,(H,27,29). The van der Waals surface area contributed by atoms with Crippen molar-refractivity contribution in [1.82, 2.24) is 15.1 Å². The van der Waals surface area contributed by atoms with Crippen LogP contribution in [-0.4, -0.2) is 22.8 Å². The van der Waals surface area contributed by atoms with Gasteiger partial charge in [-0.2, -0.15) is 18.3 Å². The van der Waals surface area contributed by atoms with E-state index in [2.05, 4.69) is 10.4 Å². The van der Waals surface area contributed by atoms with E-state index >= 15 is 0 Å². The van der Waals surface area contributed by atoms with Crippen molar-refractivity contribution in [3.63, 3.8) is 0 Å². The molecule has 0 aliphatic carbocycles. The van der Waals surface area contributed by atoms with E-state index in [1.54, 1.807) is 25.1 Å². The van der Waals surface area contributed by atoms with Gasteiger partial charge in [0.1, 0.15) is 5.75 Å². The van der Waals surface area contributed by atoms with Gasteiger partial charge < -0.3 is 10.1 Å². The lowest BCUT2D eigenvalue weighted by atomic mass is 10.0. The Labute approximate surface area is 172 Å². The number of methoxy groups -OCH3 is 1. The van der Waals surface area contributed by atoms with E-state index in [9.17, 15) is 18.0 Å². The molecule has 3 aromatic rings. The maximum absolute atomic E-state index is 13.8. The Bertz CT molecular complexity index is 1060. The highest BCUT2D eigenvalue weighted by molar-refractivity contribution is 5.95. The number of hydrogen-bond donors (Lipinski definition) is 1. The first-order chi connectivity index (χ1) is 14.1. The first kappa shape index (κ1) is 21.4. The van der Waals surface area contributed by atoms with Gasteiger partial charge in [-0.05, 0) is 39.0 Å². The van der Waals surface area contributed by atoms with Gasteiger partial charge in [0.2, 0.25) is 0 Å². The zero-order valence-electron chi connectivity index (χ0n) is 17.0. The molecule has 3 rings (SSSR count). The van der Waals surface area contributed by atoms with Gasteiger partial charge in [0, 0.05) is 5.56 Å². The minimum atomic E-state index is -4.77. The van der Waals surface area contributed by atoms with Crippen LogP contribution in [0.3, 0.4) is 0 Å². The summed E-state index contributed by atoms with van der Waals surface area (Å²) in [5.74, 6) is -0.323. The van der Waals surface area contributed by atoms with Crippen molar-refractivity contribution in [3.05, 3.63) is 76.6 Å². The minimum absolute atomic E-state index is 0.223. The van der Waals surface area contributed by atoms with Gasteiger partial charge in [-0.3, -0.25) is 4.79 Å². The molecular weight excluding hydrogens is 395 g/mol. The molecule has 1 heterocycles. The summed E-state index contributed by atoms with van der Waals surface area (Å²) in [6, 6.07) is 11.3. The molecule has 5 nitrogen and oxygen atoms in total. The zero-order chi connectivity index (χ0) is 22.1. The number of aryl methyl sites for hydroxylation is 2. The van der Waals surface area contributed by atoms with Crippen LogP contribution >= 0.6 is 0 Å². The molecule has 1 amide bonds. The molecule has 2 aromatic carbocycles. The maximum atomic E-state index is 13.8. The number of benzene rings is 2. The molecule has 0 saturated heterocycles. The van der Waals surface area contributed by atoms with Crippen molar-refractivity contribution in [2.75, 3.05) is 7.11 Å². The Morgan fingerprint density at radius 1 is 1.10 bits per heavy atom. The van der Waals surface area contributed by atoms with Crippen LogP contribution in [0.2, 0.25) is 0 Å².